The van der Waals surface area contributed by atoms with Crippen LogP contribution in [0.2, 0.25) is 0 Å². The summed E-state index contributed by atoms with van der Waals surface area (Å²) in [6, 6.07) is 16.4. The van der Waals surface area contributed by atoms with Gasteiger partial charge in [-0.1, -0.05) is 30.3 Å². The minimum absolute atomic E-state index is 0.000895. The number of aromatic carboxylic acids is 1. The number of hydrogen-bond donors (Lipinski definition) is 1. The van der Waals surface area contributed by atoms with Crippen LogP contribution in [0.1, 0.15) is 33.8 Å². The molecule has 0 aliphatic heterocycles. The van der Waals surface area contributed by atoms with Crippen LogP contribution in [0.3, 0.4) is 0 Å². The molecule has 0 saturated heterocycles. The summed E-state index contributed by atoms with van der Waals surface area (Å²) in [6.07, 6.45) is -3.99. The number of carbonyl (C=O) groups is 1. The molecule has 5 rings (SSSR count). The average molecular weight is 515 g/mol. The molecule has 0 radical (unpaired) electrons. The monoisotopic (exact) mass is 514 g/mol. The van der Waals surface area contributed by atoms with Crippen molar-refractivity contribution in [3.8, 4) is 21.2 Å². The second-order valence-electron chi connectivity index (χ2n) is 7.72. The van der Waals surface area contributed by atoms with Gasteiger partial charge in [0.1, 0.15) is 23.2 Å². The van der Waals surface area contributed by atoms with E-state index in [2.05, 4.69) is 4.98 Å². The van der Waals surface area contributed by atoms with Crippen molar-refractivity contribution in [2.75, 3.05) is 0 Å². The van der Waals surface area contributed by atoms with Crippen molar-refractivity contribution in [2.24, 2.45) is 0 Å². The summed E-state index contributed by atoms with van der Waals surface area (Å²) in [7, 11) is 0. The van der Waals surface area contributed by atoms with Crippen molar-refractivity contribution in [1.82, 2.24) is 9.55 Å². The highest BCUT2D eigenvalue weighted by Gasteiger charge is 2.35. The van der Waals surface area contributed by atoms with Crippen LogP contribution >= 0.6 is 22.7 Å². The number of alkyl halides is 3. The number of thiophene rings is 2. The number of hydrogen-bond acceptors (Lipinski definition) is 5. The molecule has 0 spiro atoms. The fourth-order valence-corrected chi connectivity index (χ4v) is 5.50. The maximum atomic E-state index is 13.5. The van der Waals surface area contributed by atoms with Crippen LogP contribution < -0.4 is 4.74 Å². The predicted molar refractivity (Wildman–Crippen MR) is 130 cm³/mol. The van der Waals surface area contributed by atoms with Gasteiger partial charge in [0.15, 0.2) is 4.88 Å². The summed E-state index contributed by atoms with van der Waals surface area (Å²) in [4.78, 5) is 17.4. The average Bonchev–Trinajstić information content (AvgIpc) is 3.57. The Bertz CT molecular complexity index is 1520. The summed E-state index contributed by atoms with van der Waals surface area (Å²) in [5.74, 6) is -1.23. The van der Waals surface area contributed by atoms with E-state index in [1.165, 1.54) is 31.2 Å². The summed E-state index contributed by atoms with van der Waals surface area (Å²) in [5, 5.41) is 12.2. The van der Waals surface area contributed by atoms with E-state index in [0.29, 0.717) is 5.00 Å². The molecule has 5 aromatic rings. The molecule has 0 saturated carbocycles. The van der Waals surface area contributed by atoms with E-state index < -0.39 is 23.8 Å². The van der Waals surface area contributed by atoms with Gasteiger partial charge in [0, 0.05) is 16.5 Å². The summed E-state index contributed by atoms with van der Waals surface area (Å²) >= 11 is 2.59. The Balaban J connectivity index is 1.50. The van der Waals surface area contributed by atoms with E-state index in [4.69, 9.17) is 4.74 Å². The van der Waals surface area contributed by atoms with E-state index >= 15 is 0 Å². The minimum Gasteiger partial charge on any atom is -0.484 e. The summed E-state index contributed by atoms with van der Waals surface area (Å²) < 4.78 is 47.9. The second-order valence-corrected chi connectivity index (χ2v) is 9.70. The molecule has 0 amide bonds. The normalized spacial score (nSPS) is 12.7. The van der Waals surface area contributed by atoms with Gasteiger partial charge in [0.25, 0.3) is 0 Å². The molecule has 3 heterocycles. The smallest absolute Gasteiger partial charge is 0.416 e. The lowest BCUT2D eigenvalue weighted by Crippen LogP contribution is -2.14. The molecule has 35 heavy (non-hydrogen) atoms. The minimum atomic E-state index is -4.55. The van der Waals surface area contributed by atoms with Crippen molar-refractivity contribution < 1.29 is 27.8 Å². The van der Waals surface area contributed by atoms with Gasteiger partial charge in [-0.3, -0.25) is 4.57 Å². The zero-order valence-corrected chi connectivity index (χ0v) is 19.7. The van der Waals surface area contributed by atoms with Crippen LogP contribution in [0, 0.1) is 0 Å². The van der Waals surface area contributed by atoms with Crippen molar-refractivity contribution in [2.45, 2.75) is 19.2 Å². The number of rotatable bonds is 6. The van der Waals surface area contributed by atoms with Gasteiger partial charge in [0.05, 0.1) is 16.6 Å². The van der Waals surface area contributed by atoms with E-state index in [-0.39, 0.29) is 16.2 Å². The molecule has 10 heteroatoms. The number of imidazole rings is 1. The number of nitrogens with zero attached hydrogens (tertiary/aromatic N) is 2. The molecule has 0 fully saturated rings. The fourth-order valence-electron chi connectivity index (χ4n) is 3.87. The largest absolute Gasteiger partial charge is 0.484 e. The number of ether oxygens (including phenoxy) is 1. The number of carboxylic acids is 1. The Morgan fingerprint density at radius 1 is 1.11 bits per heavy atom. The van der Waals surface area contributed by atoms with Crippen LogP contribution in [0.25, 0.3) is 26.5 Å². The third kappa shape index (κ3) is 4.42. The first kappa shape index (κ1) is 23.1. The highest BCUT2D eigenvalue weighted by Crippen LogP contribution is 2.39. The maximum absolute atomic E-state index is 13.5. The fraction of sp³-hybridized carbons (Fsp3) is 0.120. The van der Waals surface area contributed by atoms with Crippen LogP contribution in [-0.4, -0.2) is 20.6 Å². The summed E-state index contributed by atoms with van der Waals surface area (Å²) in [6.45, 7) is 1.46. The lowest BCUT2D eigenvalue weighted by Gasteiger charge is -2.19. The van der Waals surface area contributed by atoms with Gasteiger partial charge in [-0.05, 0) is 42.1 Å². The van der Waals surface area contributed by atoms with Gasteiger partial charge in [0.2, 0.25) is 0 Å². The molecule has 3 aromatic heterocycles. The van der Waals surface area contributed by atoms with Gasteiger partial charge >= 0.3 is 12.1 Å². The number of halogens is 3. The summed E-state index contributed by atoms with van der Waals surface area (Å²) in [5.41, 5.74) is 1.64. The van der Waals surface area contributed by atoms with Crippen molar-refractivity contribution in [1.29, 1.82) is 0 Å². The Morgan fingerprint density at radius 2 is 1.91 bits per heavy atom. The first-order chi connectivity index (χ1) is 16.7. The van der Waals surface area contributed by atoms with Crippen molar-refractivity contribution in [3.05, 3.63) is 88.4 Å². The SMILES string of the molecule is C[C@@H](Oc1cc(-n2cnc3cc(-c4cccs4)ccc32)sc1C(=O)O)c1ccccc1C(F)(F)F. The lowest BCUT2D eigenvalue weighted by molar-refractivity contribution is -0.139. The molecular weight excluding hydrogens is 497 g/mol. The quantitative estimate of drug-likeness (QED) is 0.253. The molecule has 1 N–H and O–H groups in total. The molecule has 0 aliphatic carbocycles. The number of aromatic nitrogens is 2. The Hall–Kier alpha value is -3.63. The predicted octanol–water partition coefficient (Wildman–Crippen LogP) is 7.67. The number of carboxylic acid groups (broad SMARTS) is 1. The van der Waals surface area contributed by atoms with E-state index in [0.717, 1.165) is 38.9 Å². The van der Waals surface area contributed by atoms with Crippen LogP contribution in [0.15, 0.2) is 72.4 Å². The van der Waals surface area contributed by atoms with E-state index in [1.807, 2.05) is 35.7 Å². The van der Waals surface area contributed by atoms with E-state index in [1.54, 1.807) is 22.2 Å². The molecule has 5 nitrogen and oxygen atoms in total. The highest BCUT2D eigenvalue weighted by molar-refractivity contribution is 7.16. The Kier molecular flexibility index (Phi) is 5.86. The molecule has 1 atom stereocenters. The lowest BCUT2D eigenvalue weighted by atomic mass is 10.0. The van der Waals surface area contributed by atoms with Gasteiger partial charge in [-0.15, -0.1) is 22.7 Å². The molecule has 0 aliphatic rings. The zero-order valence-electron chi connectivity index (χ0n) is 18.1. The molecule has 0 bridgehead atoms. The zero-order chi connectivity index (χ0) is 24.7. The Morgan fingerprint density at radius 3 is 2.63 bits per heavy atom. The topological polar surface area (TPSA) is 64.4 Å². The first-order valence-electron chi connectivity index (χ1n) is 10.4. The maximum Gasteiger partial charge on any atom is 0.416 e. The molecule has 178 valence electrons. The van der Waals surface area contributed by atoms with Crippen LogP contribution in [0.5, 0.6) is 5.75 Å². The number of fused-ring (bicyclic) bond motifs is 1. The third-order valence-electron chi connectivity index (χ3n) is 5.48. The van der Waals surface area contributed by atoms with Crippen LogP contribution in [-0.2, 0) is 6.18 Å². The third-order valence-corrected chi connectivity index (χ3v) is 7.50. The number of benzene rings is 2. The van der Waals surface area contributed by atoms with Crippen LogP contribution in [0.4, 0.5) is 13.2 Å². The standard InChI is InChI=1S/C25H17F3N2O3S2/c1-14(16-5-2-3-6-17(16)25(26,27)28)33-20-12-22(35-23(20)24(31)32)30-13-29-18-11-15(8-9-19(18)30)21-7-4-10-34-21/h2-14H,1H3,(H,31,32)/t14-/m1/s1. The second kappa shape index (κ2) is 8.86. The van der Waals surface area contributed by atoms with Gasteiger partial charge in [-0.2, -0.15) is 13.2 Å². The molecule has 2 aromatic carbocycles. The highest BCUT2D eigenvalue weighted by atomic mass is 32.1. The first-order valence-corrected chi connectivity index (χ1v) is 12.1. The van der Waals surface area contributed by atoms with Crippen molar-refractivity contribution in [3.63, 3.8) is 0 Å². The van der Waals surface area contributed by atoms with Gasteiger partial charge < -0.3 is 9.84 Å². The molecule has 0 unspecified atom stereocenters. The Labute approximate surface area is 205 Å². The van der Waals surface area contributed by atoms with E-state index in [9.17, 15) is 23.1 Å². The van der Waals surface area contributed by atoms with Crippen molar-refractivity contribution >= 4 is 39.7 Å². The molecular formula is C25H17F3N2O3S2. The van der Waals surface area contributed by atoms with Gasteiger partial charge in [-0.25, -0.2) is 9.78 Å².